The lowest BCUT2D eigenvalue weighted by atomic mass is 9.89. The molecule has 7 heteroatoms. The summed E-state index contributed by atoms with van der Waals surface area (Å²) in [5.41, 5.74) is 2.01. The zero-order valence-electron chi connectivity index (χ0n) is 18.0. The largest absolute Gasteiger partial charge is 0.487 e. The predicted octanol–water partition coefficient (Wildman–Crippen LogP) is 5.59. The van der Waals surface area contributed by atoms with Gasteiger partial charge in [0.1, 0.15) is 28.5 Å². The van der Waals surface area contributed by atoms with Crippen LogP contribution in [0.1, 0.15) is 53.5 Å². The summed E-state index contributed by atoms with van der Waals surface area (Å²) in [7, 11) is 0. The number of ether oxygens (including phenoxy) is 1. The lowest BCUT2D eigenvalue weighted by molar-refractivity contribution is 0.0620. The molecule has 0 saturated carbocycles. The van der Waals surface area contributed by atoms with Crippen molar-refractivity contribution in [2.45, 2.75) is 39.2 Å². The second-order valence-electron chi connectivity index (χ2n) is 8.30. The number of anilines is 1. The van der Waals surface area contributed by atoms with Gasteiger partial charge in [-0.15, -0.1) is 0 Å². The predicted molar refractivity (Wildman–Crippen MR) is 117 cm³/mol. The number of hydrogen-bond donors (Lipinski definition) is 1. The standard InChI is InChI=1S/C25H22F2N2O3/c1-4-14-10-17-21(30)12-25(2,3)32-22(17)11-16(14)20-9-8-15(13-28-20)29-24(31)23-18(26)6-5-7-19(23)27/h5-11,13H,4,12H2,1-3H3,(H,29,31). The number of halogens is 2. The summed E-state index contributed by atoms with van der Waals surface area (Å²) in [6.45, 7) is 5.73. The maximum absolute atomic E-state index is 13.8. The van der Waals surface area contributed by atoms with Gasteiger partial charge in [0.05, 0.1) is 29.6 Å². The highest BCUT2D eigenvalue weighted by Crippen LogP contribution is 2.38. The third-order valence-electron chi connectivity index (χ3n) is 5.35. The van der Waals surface area contributed by atoms with E-state index in [0.29, 0.717) is 35.5 Å². The molecule has 0 spiro atoms. The molecule has 1 amide bonds. The van der Waals surface area contributed by atoms with E-state index < -0.39 is 28.7 Å². The Morgan fingerprint density at radius 3 is 2.47 bits per heavy atom. The topological polar surface area (TPSA) is 68.3 Å². The average molecular weight is 436 g/mol. The molecule has 0 atom stereocenters. The summed E-state index contributed by atoms with van der Waals surface area (Å²) in [5, 5.41) is 2.46. The van der Waals surface area contributed by atoms with Crippen LogP contribution in [0.2, 0.25) is 0 Å². The Morgan fingerprint density at radius 1 is 1.12 bits per heavy atom. The second-order valence-corrected chi connectivity index (χ2v) is 8.30. The number of carbonyl (C=O) groups is 2. The molecular formula is C25H22F2N2O3. The number of ketones is 1. The van der Waals surface area contributed by atoms with Crippen LogP contribution in [0.25, 0.3) is 11.3 Å². The van der Waals surface area contributed by atoms with Crippen molar-refractivity contribution in [2.75, 3.05) is 5.32 Å². The first kappa shape index (κ1) is 21.6. The van der Waals surface area contributed by atoms with E-state index in [1.807, 2.05) is 32.9 Å². The summed E-state index contributed by atoms with van der Waals surface area (Å²) in [5.74, 6) is -2.21. The van der Waals surface area contributed by atoms with Crippen LogP contribution >= 0.6 is 0 Å². The molecule has 2 aromatic carbocycles. The molecule has 1 aliphatic rings. The average Bonchev–Trinajstić information content (AvgIpc) is 2.72. The fourth-order valence-electron chi connectivity index (χ4n) is 3.81. The molecule has 0 unspecified atom stereocenters. The number of aryl methyl sites for hydroxylation is 1. The zero-order chi connectivity index (χ0) is 23.0. The first-order valence-electron chi connectivity index (χ1n) is 10.3. The number of nitrogens with zero attached hydrogens (tertiary/aromatic N) is 1. The Kier molecular flexibility index (Phi) is 5.50. The highest BCUT2D eigenvalue weighted by Gasteiger charge is 2.33. The molecule has 0 bridgehead atoms. The lowest BCUT2D eigenvalue weighted by Crippen LogP contribution is -2.36. The van der Waals surface area contributed by atoms with E-state index in [1.165, 1.54) is 12.3 Å². The monoisotopic (exact) mass is 436 g/mol. The van der Waals surface area contributed by atoms with E-state index in [9.17, 15) is 18.4 Å². The molecule has 1 N–H and O–H groups in total. The van der Waals surface area contributed by atoms with Crippen LogP contribution < -0.4 is 10.1 Å². The van der Waals surface area contributed by atoms with Gasteiger partial charge in [-0.05, 0) is 62.2 Å². The van der Waals surface area contributed by atoms with Gasteiger partial charge in [-0.25, -0.2) is 8.78 Å². The minimum Gasteiger partial charge on any atom is -0.487 e. The van der Waals surface area contributed by atoms with E-state index in [1.54, 1.807) is 12.1 Å². The summed E-state index contributed by atoms with van der Waals surface area (Å²) in [4.78, 5) is 29.2. The van der Waals surface area contributed by atoms with E-state index in [-0.39, 0.29) is 5.78 Å². The van der Waals surface area contributed by atoms with Crippen LogP contribution in [-0.2, 0) is 6.42 Å². The number of aromatic nitrogens is 1. The minimum absolute atomic E-state index is 0.0453. The third kappa shape index (κ3) is 4.10. The molecule has 0 radical (unpaired) electrons. The van der Waals surface area contributed by atoms with Crippen molar-refractivity contribution in [1.82, 2.24) is 4.98 Å². The highest BCUT2D eigenvalue weighted by molar-refractivity contribution is 6.04. The number of benzene rings is 2. The van der Waals surface area contributed by atoms with Crippen molar-refractivity contribution in [1.29, 1.82) is 0 Å². The smallest absolute Gasteiger partial charge is 0.261 e. The normalized spacial score (nSPS) is 14.5. The molecule has 2 heterocycles. The maximum Gasteiger partial charge on any atom is 0.261 e. The van der Waals surface area contributed by atoms with Gasteiger partial charge in [0.2, 0.25) is 0 Å². The van der Waals surface area contributed by atoms with Crippen LogP contribution in [0.15, 0.2) is 48.7 Å². The number of pyridine rings is 1. The molecule has 0 aliphatic carbocycles. The number of hydrogen-bond acceptors (Lipinski definition) is 4. The summed E-state index contributed by atoms with van der Waals surface area (Å²) < 4.78 is 33.7. The van der Waals surface area contributed by atoms with Crippen LogP contribution in [0.4, 0.5) is 14.5 Å². The SMILES string of the molecule is CCc1cc2c(cc1-c1ccc(NC(=O)c3c(F)cccc3F)cn1)OC(C)(C)CC2=O. The molecule has 4 rings (SSSR count). The zero-order valence-corrected chi connectivity index (χ0v) is 18.0. The van der Waals surface area contributed by atoms with Crippen molar-refractivity contribution < 1.29 is 23.1 Å². The second kappa shape index (κ2) is 8.15. The van der Waals surface area contributed by atoms with E-state index in [2.05, 4.69) is 10.3 Å². The Balaban J connectivity index is 1.63. The molecule has 1 aromatic heterocycles. The van der Waals surface area contributed by atoms with E-state index in [0.717, 1.165) is 23.3 Å². The fourth-order valence-corrected chi connectivity index (χ4v) is 3.81. The minimum atomic E-state index is -0.939. The van der Waals surface area contributed by atoms with Crippen molar-refractivity contribution in [2.24, 2.45) is 0 Å². The van der Waals surface area contributed by atoms with Crippen LogP contribution in [-0.4, -0.2) is 22.3 Å². The fraction of sp³-hybridized carbons (Fsp3) is 0.240. The van der Waals surface area contributed by atoms with Crippen LogP contribution in [0.5, 0.6) is 5.75 Å². The Bertz CT molecular complexity index is 1200. The van der Waals surface area contributed by atoms with Gasteiger partial charge in [-0.3, -0.25) is 14.6 Å². The van der Waals surface area contributed by atoms with Crippen molar-refractivity contribution in [3.05, 3.63) is 77.0 Å². The molecule has 164 valence electrons. The Labute approximate surface area is 184 Å². The molecular weight excluding hydrogens is 414 g/mol. The molecule has 3 aromatic rings. The van der Waals surface area contributed by atoms with Crippen molar-refractivity contribution in [3.63, 3.8) is 0 Å². The van der Waals surface area contributed by atoms with Gasteiger partial charge >= 0.3 is 0 Å². The molecule has 1 aliphatic heterocycles. The highest BCUT2D eigenvalue weighted by atomic mass is 19.1. The number of fused-ring (bicyclic) bond motifs is 1. The van der Waals surface area contributed by atoms with Crippen LogP contribution in [0.3, 0.4) is 0 Å². The first-order chi connectivity index (χ1) is 15.2. The number of carbonyl (C=O) groups excluding carboxylic acids is 2. The summed E-state index contributed by atoms with van der Waals surface area (Å²) >= 11 is 0. The van der Waals surface area contributed by atoms with Gasteiger partial charge in [0.15, 0.2) is 5.78 Å². The Morgan fingerprint density at radius 2 is 1.84 bits per heavy atom. The van der Waals surface area contributed by atoms with Gasteiger partial charge in [-0.2, -0.15) is 0 Å². The van der Waals surface area contributed by atoms with Crippen LogP contribution in [0, 0.1) is 11.6 Å². The van der Waals surface area contributed by atoms with Gasteiger partial charge in [0, 0.05) is 5.56 Å². The lowest BCUT2D eigenvalue weighted by Gasteiger charge is -2.32. The molecule has 0 fully saturated rings. The maximum atomic E-state index is 13.8. The molecule has 5 nitrogen and oxygen atoms in total. The summed E-state index contributed by atoms with van der Waals surface area (Å²) in [6.07, 6.45) is 2.42. The van der Waals surface area contributed by atoms with Gasteiger partial charge in [0.25, 0.3) is 5.91 Å². The molecule has 32 heavy (non-hydrogen) atoms. The number of rotatable bonds is 4. The van der Waals surface area contributed by atoms with Crippen molar-refractivity contribution >= 4 is 17.4 Å². The third-order valence-corrected chi connectivity index (χ3v) is 5.35. The van der Waals surface area contributed by atoms with Gasteiger partial charge in [-0.1, -0.05) is 13.0 Å². The number of Topliss-reactive ketones (excluding diaryl/α,β-unsaturated/α-hetero) is 1. The Hall–Kier alpha value is -3.61. The molecule has 0 saturated heterocycles. The quantitative estimate of drug-likeness (QED) is 0.579. The van der Waals surface area contributed by atoms with E-state index in [4.69, 9.17) is 4.74 Å². The number of amides is 1. The number of nitrogens with one attached hydrogen (secondary N) is 1. The van der Waals surface area contributed by atoms with Gasteiger partial charge < -0.3 is 10.1 Å². The first-order valence-corrected chi connectivity index (χ1v) is 10.3. The van der Waals surface area contributed by atoms with E-state index >= 15 is 0 Å². The van der Waals surface area contributed by atoms with Crippen molar-refractivity contribution in [3.8, 4) is 17.0 Å². The summed E-state index contributed by atoms with van der Waals surface area (Å²) in [6, 6.07) is 10.2.